The monoisotopic (exact) mass is 411 g/mol. The van der Waals surface area contributed by atoms with E-state index in [1.807, 2.05) is 0 Å². The number of aliphatic hydroxyl groups is 1. The summed E-state index contributed by atoms with van der Waals surface area (Å²) < 4.78 is 54.0. The molecule has 1 fully saturated rings. The highest BCUT2D eigenvalue weighted by Gasteiger charge is 2.32. The number of amides is 1. The van der Waals surface area contributed by atoms with Gasteiger partial charge in [-0.1, -0.05) is 0 Å². The molecule has 0 aromatic heterocycles. The number of nitrogens with one attached hydrogen (secondary N) is 1. The molecule has 2 aromatic rings. The summed E-state index contributed by atoms with van der Waals surface area (Å²) in [5, 5.41) is 12.0. The number of benzene rings is 2. The number of halogens is 2. The second-order valence-electron chi connectivity index (χ2n) is 6.47. The van der Waals surface area contributed by atoms with E-state index in [9.17, 15) is 27.1 Å². The lowest BCUT2D eigenvalue weighted by molar-refractivity contribution is 0.102. The number of nitrogens with two attached hydrogens (primary N) is 1. The molecule has 1 aliphatic heterocycles. The van der Waals surface area contributed by atoms with E-state index in [0.717, 1.165) is 28.6 Å². The van der Waals surface area contributed by atoms with Gasteiger partial charge >= 0.3 is 0 Å². The standard InChI is InChI=1S/C18H19F2N3O4S/c19-11-1-3-12(4-2-11)22-18(25)14-9-17(15(20)10-16(14)21)28(26,27)23-7-5-13(24)6-8-23/h1-4,9-10,13,24H,5-8,21H2,(H,22,25). The van der Waals surface area contributed by atoms with Crippen molar-refractivity contribution in [1.82, 2.24) is 4.31 Å². The molecule has 0 aliphatic carbocycles. The summed E-state index contributed by atoms with van der Waals surface area (Å²) in [6, 6.07) is 6.61. The summed E-state index contributed by atoms with van der Waals surface area (Å²) in [7, 11) is -4.21. The number of rotatable bonds is 4. The molecular formula is C18H19F2N3O4S. The van der Waals surface area contributed by atoms with Gasteiger partial charge in [-0.15, -0.1) is 0 Å². The number of nitrogens with zero attached hydrogens (tertiary/aromatic N) is 1. The van der Waals surface area contributed by atoms with Crippen LogP contribution in [0.4, 0.5) is 20.2 Å². The van der Waals surface area contributed by atoms with Crippen LogP contribution >= 0.6 is 0 Å². The SMILES string of the molecule is Nc1cc(F)c(S(=O)(=O)N2CCC(O)CC2)cc1C(=O)Nc1ccc(F)cc1. The Balaban J connectivity index is 1.91. The van der Waals surface area contributed by atoms with E-state index in [-0.39, 0.29) is 42.9 Å². The zero-order valence-corrected chi connectivity index (χ0v) is 15.5. The molecule has 0 bridgehead atoms. The largest absolute Gasteiger partial charge is 0.398 e. The highest BCUT2D eigenvalue weighted by Crippen LogP contribution is 2.27. The van der Waals surface area contributed by atoms with E-state index in [1.165, 1.54) is 12.1 Å². The Morgan fingerprint density at radius 1 is 1.14 bits per heavy atom. The second-order valence-corrected chi connectivity index (χ2v) is 8.37. The van der Waals surface area contributed by atoms with Crippen molar-refractivity contribution in [2.24, 2.45) is 0 Å². The number of carbonyl (C=O) groups excluding carboxylic acids is 1. The summed E-state index contributed by atoms with van der Waals surface area (Å²) in [6.07, 6.45) is -0.110. The number of carbonyl (C=O) groups is 1. The van der Waals surface area contributed by atoms with Gasteiger partial charge in [0.2, 0.25) is 10.0 Å². The quantitative estimate of drug-likeness (QED) is 0.666. The molecule has 0 unspecified atom stereocenters. The van der Waals surface area contributed by atoms with Crippen LogP contribution in [0.1, 0.15) is 23.2 Å². The van der Waals surface area contributed by atoms with Crippen molar-refractivity contribution in [3.05, 3.63) is 53.6 Å². The molecule has 1 aliphatic rings. The van der Waals surface area contributed by atoms with Crippen LogP contribution in [0.15, 0.2) is 41.3 Å². The fourth-order valence-electron chi connectivity index (χ4n) is 2.92. The van der Waals surface area contributed by atoms with Gasteiger partial charge in [-0.2, -0.15) is 4.31 Å². The van der Waals surface area contributed by atoms with Gasteiger partial charge in [0.05, 0.1) is 11.7 Å². The highest BCUT2D eigenvalue weighted by atomic mass is 32.2. The van der Waals surface area contributed by atoms with E-state index >= 15 is 0 Å². The fourth-order valence-corrected chi connectivity index (χ4v) is 4.46. The number of nitrogen functional groups attached to an aromatic ring is 1. The lowest BCUT2D eigenvalue weighted by atomic mass is 10.1. The molecule has 0 spiro atoms. The van der Waals surface area contributed by atoms with Crippen molar-refractivity contribution >= 4 is 27.3 Å². The lowest BCUT2D eigenvalue weighted by Gasteiger charge is -2.29. The third-order valence-electron chi connectivity index (χ3n) is 4.49. The third kappa shape index (κ3) is 4.13. The smallest absolute Gasteiger partial charge is 0.257 e. The van der Waals surface area contributed by atoms with Gasteiger partial charge in [0.25, 0.3) is 5.91 Å². The molecule has 4 N–H and O–H groups in total. The second kappa shape index (κ2) is 7.82. The molecular weight excluding hydrogens is 392 g/mol. The predicted octanol–water partition coefficient (Wildman–Crippen LogP) is 1.94. The minimum absolute atomic E-state index is 0.0461. The van der Waals surface area contributed by atoms with Crippen LogP contribution in [-0.2, 0) is 10.0 Å². The van der Waals surface area contributed by atoms with Gasteiger partial charge in [-0.25, -0.2) is 17.2 Å². The van der Waals surface area contributed by atoms with Crippen LogP contribution in [-0.4, -0.2) is 42.9 Å². The molecule has 0 saturated carbocycles. The molecule has 10 heteroatoms. The molecule has 0 atom stereocenters. The van der Waals surface area contributed by atoms with Gasteiger partial charge < -0.3 is 16.2 Å². The highest BCUT2D eigenvalue weighted by molar-refractivity contribution is 7.89. The number of piperidine rings is 1. The van der Waals surface area contributed by atoms with Gasteiger partial charge in [0.15, 0.2) is 0 Å². The number of aliphatic hydroxyl groups excluding tert-OH is 1. The summed E-state index contributed by atoms with van der Waals surface area (Å²) >= 11 is 0. The number of hydrogen-bond acceptors (Lipinski definition) is 5. The molecule has 28 heavy (non-hydrogen) atoms. The Bertz CT molecular complexity index is 989. The van der Waals surface area contributed by atoms with Crippen molar-refractivity contribution in [2.45, 2.75) is 23.8 Å². The summed E-state index contributed by atoms with van der Waals surface area (Å²) in [5.41, 5.74) is 5.52. The predicted molar refractivity (Wildman–Crippen MR) is 99.2 cm³/mol. The molecule has 3 rings (SSSR count). The first-order chi connectivity index (χ1) is 13.2. The van der Waals surface area contributed by atoms with Crippen molar-refractivity contribution in [3.8, 4) is 0 Å². The molecule has 0 radical (unpaired) electrons. The minimum Gasteiger partial charge on any atom is -0.398 e. The molecule has 1 heterocycles. The number of hydrogen-bond donors (Lipinski definition) is 3. The van der Waals surface area contributed by atoms with E-state index in [1.54, 1.807) is 0 Å². The minimum atomic E-state index is -4.21. The first-order valence-electron chi connectivity index (χ1n) is 8.52. The zero-order valence-electron chi connectivity index (χ0n) is 14.7. The van der Waals surface area contributed by atoms with Crippen molar-refractivity contribution in [2.75, 3.05) is 24.1 Å². The first kappa shape index (κ1) is 20.2. The molecule has 1 saturated heterocycles. The average Bonchev–Trinajstić information content (AvgIpc) is 2.63. The van der Waals surface area contributed by atoms with Gasteiger partial charge in [-0.05, 0) is 49.2 Å². The van der Waals surface area contributed by atoms with Gasteiger partial charge in [0, 0.05) is 24.5 Å². The first-order valence-corrected chi connectivity index (χ1v) is 9.96. The van der Waals surface area contributed by atoms with E-state index in [4.69, 9.17) is 5.73 Å². The maximum absolute atomic E-state index is 14.4. The molecule has 2 aromatic carbocycles. The number of sulfonamides is 1. The van der Waals surface area contributed by atoms with Gasteiger partial charge in [0.1, 0.15) is 16.5 Å². The maximum Gasteiger partial charge on any atom is 0.257 e. The van der Waals surface area contributed by atoms with Crippen LogP contribution in [0.25, 0.3) is 0 Å². The number of anilines is 2. The molecule has 150 valence electrons. The average molecular weight is 411 g/mol. The maximum atomic E-state index is 14.4. The lowest BCUT2D eigenvalue weighted by Crippen LogP contribution is -2.40. The Labute approximate surface area is 160 Å². The zero-order chi connectivity index (χ0) is 20.5. The summed E-state index contributed by atoms with van der Waals surface area (Å²) in [6.45, 7) is 0.0921. The summed E-state index contributed by atoms with van der Waals surface area (Å²) in [4.78, 5) is 11.8. The van der Waals surface area contributed by atoms with E-state index in [2.05, 4.69) is 5.32 Å². The Hall–Kier alpha value is -2.56. The van der Waals surface area contributed by atoms with Crippen molar-refractivity contribution in [3.63, 3.8) is 0 Å². The van der Waals surface area contributed by atoms with Crippen LogP contribution < -0.4 is 11.1 Å². The van der Waals surface area contributed by atoms with Crippen LogP contribution in [0.3, 0.4) is 0 Å². The van der Waals surface area contributed by atoms with Crippen LogP contribution in [0.2, 0.25) is 0 Å². The topological polar surface area (TPSA) is 113 Å². The molecule has 7 nitrogen and oxygen atoms in total. The van der Waals surface area contributed by atoms with E-state index < -0.39 is 38.6 Å². The van der Waals surface area contributed by atoms with Crippen LogP contribution in [0, 0.1) is 11.6 Å². The normalized spacial score (nSPS) is 16.1. The van der Waals surface area contributed by atoms with E-state index in [0.29, 0.717) is 0 Å². The Kier molecular flexibility index (Phi) is 5.64. The Morgan fingerprint density at radius 2 is 1.75 bits per heavy atom. The summed E-state index contributed by atoms with van der Waals surface area (Å²) in [5.74, 6) is -2.31. The van der Waals surface area contributed by atoms with Crippen LogP contribution in [0.5, 0.6) is 0 Å². The Morgan fingerprint density at radius 3 is 2.36 bits per heavy atom. The van der Waals surface area contributed by atoms with Crippen molar-refractivity contribution < 1.29 is 27.1 Å². The van der Waals surface area contributed by atoms with Crippen molar-refractivity contribution in [1.29, 1.82) is 0 Å². The third-order valence-corrected chi connectivity index (χ3v) is 6.41. The van der Waals surface area contributed by atoms with Gasteiger partial charge in [-0.3, -0.25) is 4.79 Å². The fraction of sp³-hybridized carbons (Fsp3) is 0.278. The molecule has 1 amide bonds.